The largest absolute Gasteiger partial charge is 0.462 e. The Morgan fingerprint density at radius 2 is 2.18 bits per heavy atom. The number of hydrogen-bond donors (Lipinski definition) is 1. The van der Waals surface area contributed by atoms with Gasteiger partial charge in [0.05, 0.1) is 12.2 Å². The molecule has 0 aromatic heterocycles. The lowest BCUT2D eigenvalue weighted by Gasteiger charge is -2.18. The highest BCUT2D eigenvalue weighted by atomic mass is 16.5. The van der Waals surface area contributed by atoms with Crippen LogP contribution in [0.25, 0.3) is 0 Å². The smallest absolute Gasteiger partial charge is 0.338 e. The average Bonchev–Trinajstić information content (AvgIpc) is 2.76. The zero-order chi connectivity index (χ0) is 12.3. The molecule has 2 N–H and O–H groups in total. The van der Waals surface area contributed by atoms with E-state index in [0.29, 0.717) is 12.2 Å². The summed E-state index contributed by atoms with van der Waals surface area (Å²) in [6, 6.07) is 7.77. The molecule has 0 spiro atoms. The van der Waals surface area contributed by atoms with Gasteiger partial charge in [0.25, 0.3) is 0 Å². The van der Waals surface area contributed by atoms with E-state index in [1.807, 2.05) is 12.1 Å². The minimum atomic E-state index is -0.267. The lowest BCUT2D eigenvalue weighted by atomic mass is 10.2. The molecule has 1 aliphatic rings. The van der Waals surface area contributed by atoms with Crippen LogP contribution in [0.5, 0.6) is 0 Å². The van der Waals surface area contributed by atoms with E-state index in [1.165, 1.54) is 0 Å². The van der Waals surface area contributed by atoms with Crippen LogP contribution in [0.2, 0.25) is 0 Å². The third kappa shape index (κ3) is 2.77. The van der Waals surface area contributed by atoms with Crippen molar-refractivity contribution in [3.05, 3.63) is 29.8 Å². The number of carbonyl (C=O) groups is 1. The number of esters is 1. The zero-order valence-electron chi connectivity index (χ0n) is 10.1. The van der Waals surface area contributed by atoms with Gasteiger partial charge in [0, 0.05) is 24.8 Å². The Hall–Kier alpha value is -1.55. The van der Waals surface area contributed by atoms with E-state index in [-0.39, 0.29) is 12.0 Å². The maximum absolute atomic E-state index is 11.5. The predicted octanol–water partition coefficient (Wildman–Crippen LogP) is 1.40. The van der Waals surface area contributed by atoms with Gasteiger partial charge in [-0.2, -0.15) is 0 Å². The van der Waals surface area contributed by atoms with Gasteiger partial charge in [-0.3, -0.25) is 0 Å². The number of anilines is 1. The summed E-state index contributed by atoms with van der Waals surface area (Å²) in [7, 11) is 0. The van der Waals surface area contributed by atoms with E-state index in [4.69, 9.17) is 10.5 Å². The van der Waals surface area contributed by atoms with Gasteiger partial charge in [-0.25, -0.2) is 4.79 Å². The topological polar surface area (TPSA) is 55.6 Å². The van der Waals surface area contributed by atoms with Crippen molar-refractivity contribution in [1.29, 1.82) is 0 Å². The molecule has 92 valence electrons. The van der Waals surface area contributed by atoms with E-state index in [2.05, 4.69) is 4.90 Å². The number of carbonyl (C=O) groups excluding carboxylic acids is 1. The molecule has 0 amide bonds. The second-order valence-electron chi connectivity index (χ2n) is 4.26. The fourth-order valence-corrected chi connectivity index (χ4v) is 2.04. The van der Waals surface area contributed by atoms with Crippen LogP contribution >= 0.6 is 0 Å². The molecule has 1 aliphatic heterocycles. The Balaban J connectivity index is 2.05. The van der Waals surface area contributed by atoms with E-state index in [1.54, 1.807) is 19.1 Å². The van der Waals surface area contributed by atoms with Gasteiger partial charge in [0.1, 0.15) is 0 Å². The van der Waals surface area contributed by atoms with Crippen LogP contribution in [-0.2, 0) is 4.74 Å². The lowest BCUT2D eigenvalue weighted by Crippen LogP contribution is -2.26. The molecule has 1 atom stereocenters. The SMILES string of the molecule is CCOC(=O)c1ccc(N2CC[C@@H](N)C2)cc1. The van der Waals surface area contributed by atoms with Gasteiger partial charge >= 0.3 is 5.97 Å². The van der Waals surface area contributed by atoms with Crippen LogP contribution in [0.3, 0.4) is 0 Å². The van der Waals surface area contributed by atoms with Crippen LogP contribution < -0.4 is 10.6 Å². The summed E-state index contributed by atoms with van der Waals surface area (Å²) in [5.74, 6) is -0.267. The third-order valence-electron chi connectivity index (χ3n) is 2.97. The van der Waals surface area contributed by atoms with Crippen molar-refractivity contribution in [2.45, 2.75) is 19.4 Å². The van der Waals surface area contributed by atoms with Crippen molar-refractivity contribution in [3.8, 4) is 0 Å². The zero-order valence-corrected chi connectivity index (χ0v) is 10.1. The molecular formula is C13H18N2O2. The van der Waals surface area contributed by atoms with Gasteiger partial charge in [0.2, 0.25) is 0 Å². The number of ether oxygens (including phenoxy) is 1. The highest BCUT2D eigenvalue weighted by molar-refractivity contribution is 5.89. The first-order valence-electron chi connectivity index (χ1n) is 5.98. The van der Waals surface area contributed by atoms with Crippen molar-refractivity contribution < 1.29 is 9.53 Å². The Labute approximate surface area is 101 Å². The van der Waals surface area contributed by atoms with Crippen LogP contribution in [0.4, 0.5) is 5.69 Å². The molecule has 1 fully saturated rings. The molecule has 0 aliphatic carbocycles. The molecule has 0 unspecified atom stereocenters. The molecule has 4 nitrogen and oxygen atoms in total. The summed E-state index contributed by atoms with van der Waals surface area (Å²) in [6.07, 6.45) is 1.03. The van der Waals surface area contributed by atoms with Gasteiger partial charge in [-0.15, -0.1) is 0 Å². The molecule has 0 saturated carbocycles. The van der Waals surface area contributed by atoms with Crippen LogP contribution in [0.15, 0.2) is 24.3 Å². The summed E-state index contributed by atoms with van der Waals surface area (Å²) >= 11 is 0. The molecule has 0 bridgehead atoms. The maximum Gasteiger partial charge on any atom is 0.338 e. The molecule has 1 aromatic rings. The van der Waals surface area contributed by atoms with Gasteiger partial charge in [-0.1, -0.05) is 0 Å². The molecule has 0 radical (unpaired) electrons. The van der Waals surface area contributed by atoms with Crippen LogP contribution in [-0.4, -0.2) is 31.7 Å². The highest BCUT2D eigenvalue weighted by Gasteiger charge is 2.19. The summed E-state index contributed by atoms with van der Waals surface area (Å²) < 4.78 is 4.94. The number of rotatable bonds is 3. The predicted molar refractivity (Wildman–Crippen MR) is 67.2 cm³/mol. The first-order chi connectivity index (χ1) is 8.20. The second-order valence-corrected chi connectivity index (χ2v) is 4.26. The van der Waals surface area contributed by atoms with Crippen molar-refractivity contribution in [1.82, 2.24) is 0 Å². The Morgan fingerprint density at radius 1 is 1.47 bits per heavy atom. The Kier molecular flexibility index (Phi) is 3.64. The second kappa shape index (κ2) is 5.19. The normalized spacial score (nSPS) is 19.4. The molecule has 1 heterocycles. The molecule has 1 saturated heterocycles. The summed E-state index contributed by atoms with van der Waals surface area (Å²) in [4.78, 5) is 13.7. The number of nitrogens with zero attached hydrogens (tertiary/aromatic N) is 1. The lowest BCUT2D eigenvalue weighted by molar-refractivity contribution is 0.0526. The Bertz CT molecular complexity index is 389. The first-order valence-corrected chi connectivity index (χ1v) is 5.98. The van der Waals surface area contributed by atoms with E-state index in [0.717, 1.165) is 25.2 Å². The molecule has 4 heteroatoms. The highest BCUT2D eigenvalue weighted by Crippen LogP contribution is 2.20. The maximum atomic E-state index is 11.5. The van der Waals surface area contributed by atoms with Gasteiger partial charge in [-0.05, 0) is 37.6 Å². The minimum Gasteiger partial charge on any atom is -0.462 e. The third-order valence-corrected chi connectivity index (χ3v) is 2.97. The van der Waals surface area contributed by atoms with Crippen molar-refractivity contribution >= 4 is 11.7 Å². The summed E-state index contributed by atoms with van der Waals surface area (Å²) in [5, 5.41) is 0. The Morgan fingerprint density at radius 3 is 2.71 bits per heavy atom. The van der Waals surface area contributed by atoms with Crippen molar-refractivity contribution in [2.75, 3.05) is 24.6 Å². The van der Waals surface area contributed by atoms with Gasteiger partial charge < -0.3 is 15.4 Å². The molecule has 17 heavy (non-hydrogen) atoms. The number of nitrogens with two attached hydrogens (primary N) is 1. The summed E-state index contributed by atoms with van der Waals surface area (Å²) in [6.45, 7) is 4.08. The summed E-state index contributed by atoms with van der Waals surface area (Å²) in [5.41, 5.74) is 7.58. The fraction of sp³-hybridized carbons (Fsp3) is 0.462. The van der Waals surface area contributed by atoms with Crippen molar-refractivity contribution in [3.63, 3.8) is 0 Å². The number of hydrogen-bond acceptors (Lipinski definition) is 4. The van der Waals surface area contributed by atoms with Crippen LogP contribution in [0.1, 0.15) is 23.7 Å². The van der Waals surface area contributed by atoms with E-state index >= 15 is 0 Å². The molecule has 2 rings (SSSR count). The van der Waals surface area contributed by atoms with Crippen molar-refractivity contribution in [2.24, 2.45) is 5.73 Å². The first kappa shape index (κ1) is 11.9. The fourth-order valence-electron chi connectivity index (χ4n) is 2.04. The minimum absolute atomic E-state index is 0.264. The standard InChI is InChI=1S/C13H18N2O2/c1-2-17-13(16)10-3-5-12(6-4-10)15-8-7-11(14)9-15/h3-6,11H,2,7-9,14H2,1H3/t11-/m1/s1. The van der Waals surface area contributed by atoms with E-state index < -0.39 is 0 Å². The van der Waals surface area contributed by atoms with Crippen LogP contribution in [0, 0.1) is 0 Å². The molecule has 1 aromatic carbocycles. The average molecular weight is 234 g/mol. The van der Waals surface area contributed by atoms with Gasteiger partial charge in [0.15, 0.2) is 0 Å². The number of benzene rings is 1. The monoisotopic (exact) mass is 234 g/mol. The molecular weight excluding hydrogens is 216 g/mol. The van der Waals surface area contributed by atoms with E-state index in [9.17, 15) is 4.79 Å². The quantitative estimate of drug-likeness (QED) is 0.803.